The van der Waals surface area contributed by atoms with Crippen molar-refractivity contribution in [3.05, 3.63) is 11.8 Å². The molecule has 1 aliphatic carbocycles. The molecule has 9 heavy (non-hydrogen) atoms. The van der Waals surface area contributed by atoms with Crippen molar-refractivity contribution < 1.29 is 5.11 Å². The van der Waals surface area contributed by atoms with Crippen LogP contribution in [0.1, 0.15) is 33.1 Å². The molecule has 0 fully saturated rings. The summed E-state index contributed by atoms with van der Waals surface area (Å²) in [5.41, 5.74) is 0.0538. The molecular weight excluding hydrogens is 112 g/mol. The average molecular weight is 126 g/mol. The SMILES string of the molecule is CC1(C)CCCC=C1O. The molecule has 0 saturated carbocycles. The van der Waals surface area contributed by atoms with Crippen LogP contribution in [-0.4, -0.2) is 5.11 Å². The van der Waals surface area contributed by atoms with Crippen molar-refractivity contribution in [3.63, 3.8) is 0 Å². The Kier molecular flexibility index (Phi) is 1.52. The van der Waals surface area contributed by atoms with Crippen molar-refractivity contribution in [2.75, 3.05) is 0 Å². The Balaban J connectivity index is 2.73. The summed E-state index contributed by atoms with van der Waals surface area (Å²) in [6.45, 7) is 4.16. The van der Waals surface area contributed by atoms with Gasteiger partial charge >= 0.3 is 0 Å². The highest BCUT2D eigenvalue weighted by molar-refractivity contribution is 5.06. The van der Waals surface area contributed by atoms with Crippen molar-refractivity contribution in [1.29, 1.82) is 0 Å². The van der Waals surface area contributed by atoms with Gasteiger partial charge in [-0.25, -0.2) is 0 Å². The fourth-order valence-corrected chi connectivity index (χ4v) is 1.19. The number of aliphatic hydroxyl groups is 1. The molecule has 0 saturated heterocycles. The van der Waals surface area contributed by atoms with Crippen molar-refractivity contribution in [3.8, 4) is 0 Å². The maximum absolute atomic E-state index is 9.30. The molecule has 0 spiro atoms. The normalized spacial score (nSPS) is 25.3. The fraction of sp³-hybridized carbons (Fsp3) is 0.750. The molecule has 52 valence electrons. The van der Waals surface area contributed by atoms with E-state index in [1.165, 1.54) is 6.42 Å². The lowest BCUT2D eigenvalue weighted by Gasteiger charge is -2.26. The largest absolute Gasteiger partial charge is 0.512 e. The molecule has 0 aromatic carbocycles. The Hall–Kier alpha value is -0.460. The van der Waals surface area contributed by atoms with E-state index < -0.39 is 0 Å². The molecule has 0 aromatic rings. The molecule has 1 rings (SSSR count). The van der Waals surface area contributed by atoms with E-state index in [1.54, 1.807) is 0 Å². The third-order valence-electron chi connectivity index (χ3n) is 2.04. The molecule has 0 bridgehead atoms. The van der Waals surface area contributed by atoms with Crippen LogP contribution in [0.15, 0.2) is 11.8 Å². The molecule has 1 N–H and O–H groups in total. The van der Waals surface area contributed by atoms with Gasteiger partial charge in [0.05, 0.1) is 5.76 Å². The van der Waals surface area contributed by atoms with E-state index in [0.717, 1.165) is 12.8 Å². The summed E-state index contributed by atoms with van der Waals surface area (Å²) in [6, 6.07) is 0. The van der Waals surface area contributed by atoms with Crippen LogP contribution in [-0.2, 0) is 0 Å². The van der Waals surface area contributed by atoms with Crippen LogP contribution in [0.2, 0.25) is 0 Å². The van der Waals surface area contributed by atoms with Gasteiger partial charge < -0.3 is 5.11 Å². The number of aliphatic hydroxyl groups excluding tert-OH is 1. The van der Waals surface area contributed by atoms with Gasteiger partial charge in [0.2, 0.25) is 0 Å². The zero-order valence-corrected chi connectivity index (χ0v) is 6.15. The molecule has 1 nitrogen and oxygen atoms in total. The molecule has 1 aliphatic rings. The van der Waals surface area contributed by atoms with Crippen LogP contribution in [0.4, 0.5) is 0 Å². The lowest BCUT2D eigenvalue weighted by molar-refractivity contribution is 0.225. The van der Waals surface area contributed by atoms with Gasteiger partial charge in [0.15, 0.2) is 0 Å². The quantitative estimate of drug-likeness (QED) is 0.529. The smallest absolute Gasteiger partial charge is 0.0938 e. The van der Waals surface area contributed by atoms with Crippen LogP contribution in [0.25, 0.3) is 0 Å². The van der Waals surface area contributed by atoms with Crippen molar-refractivity contribution in [1.82, 2.24) is 0 Å². The number of hydrogen-bond acceptors (Lipinski definition) is 1. The summed E-state index contributed by atoms with van der Waals surface area (Å²) in [4.78, 5) is 0. The molecule has 1 heteroatoms. The zero-order valence-electron chi connectivity index (χ0n) is 6.15. The molecule has 0 amide bonds. The predicted molar refractivity (Wildman–Crippen MR) is 38.3 cm³/mol. The molecular formula is C8H14O. The van der Waals surface area contributed by atoms with Gasteiger partial charge in [0.25, 0.3) is 0 Å². The fourth-order valence-electron chi connectivity index (χ4n) is 1.19. The Labute approximate surface area is 56.4 Å². The van der Waals surface area contributed by atoms with Gasteiger partial charge in [-0.05, 0) is 25.3 Å². The van der Waals surface area contributed by atoms with Crippen LogP contribution in [0, 0.1) is 5.41 Å². The number of allylic oxidation sites excluding steroid dienone is 2. The van der Waals surface area contributed by atoms with Gasteiger partial charge in [-0.1, -0.05) is 13.8 Å². The summed E-state index contributed by atoms with van der Waals surface area (Å²) in [5, 5.41) is 9.30. The summed E-state index contributed by atoms with van der Waals surface area (Å²) in [7, 11) is 0. The van der Waals surface area contributed by atoms with E-state index in [-0.39, 0.29) is 5.41 Å². The third-order valence-corrected chi connectivity index (χ3v) is 2.04. The maximum atomic E-state index is 9.30. The first-order chi connectivity index (χ1) is 4.13. The highest BCUT2D eigenvalue weighted by atomic mass is 16.3. The monoisotopic (exact) mass is 126 g/mol. The van der Waals surface area contributed by atoms with Crippen LogP contribution < -0.4 is 0 Å². The van der Waals surface area contributed by atoms with E-state index >= 15 is 0 Å². The molecule has 0 aliphatic heterocycles. The second kappa shape index (κ2) is 2.05. The van der Waals surface area contributed by atoms with Crippen molar-refractivity contribution >= 4 is 0 Å². The molecule has 0 unspecified atom stereocenters. The van der Waals surface area contributed by atoms with Gasteiger partial charge in [0, 0.05) is 5.41 Å². The van der Waals surface area contributed by atoms with Crippen molar-refractivity contribution in [2.24, 2.45) is 5.41 Å². The topological polar surface area (TPSA) is 20.2 Å². The first-order valence-electron chi connectivity index (χ1n) is 3.52. The summed E-state index contributed by atoms with van der Waals surface area (Å²) < 4.78 is 0. The Morgan fingerprint density at radius 3 is 2.56 bits per heavy atom. The number of rotatable bonds is 0. The minimum atomic E-state index is 0.0538. The van der Waals surface area contributed by atoms with Gasteiger partial charge in [-0.3, -0.25) is 0 Å². The lowest BCUT2D eigenvalue weighted by Crippen LogP contribution is -2.17. The minimum Gasteiger partial charge on any atom is -0.512 e. The number of hydrogen-bond donors (Lipinski definition) is 1. The summed E-state index contributed by atoms with van der Waals surface area (Å²) >= 11 is 0. The molecule has 0 radical (unpaired) electrons. The Morgan fingerprint density at radius 2 is 2.22 bits per heavy atom. The second-order valence-electron chi connectivity index (χ2n) is 3.37. The first-order valence-corrected chi connectivity index (χ1v) is 3.52. The van der Waals surface area contributed by atoms with Crippen LogP contribution in [0.5, 0.6) is 0 Å². The van der Waals surface area contributed by atoms with Crippen LogP contribution in [0.3, 0.4) is 0 Å². The van der Waals surface area contributed by atoms with Gasteiger partial charge in [-0.15, -0.1) is 0 Å². The van der Waals surface area contributed by atoms with Gasteiger partial charge in [-0.2, -0.15) is 0 Å². The molecule has 0 aromatic heterocycles. The lowest BCUT2D eigenvalue weighted by atomic mass is 9.81. The van der Waals surface area contributed by atoms with Crippen molar-refractivity contribution in [2.45, 2.75) is 33.1 Å². The zero-order chi connectivity index (χ0) is 6.91. The standard InChI is InChI=1S/C8H14O/c1-8(2)6-4-3-5-7(8)9/h5,9H,3-4,6H2,1-2H3. The van der Waals surface area contributed by atoms with E-state index in [2.05, 4.69) is 13.8 Å². The summed E-state index contributed by atoms with van der Waals surface area (Å²) in [6.07, 6.45) is 5.32. The van der Waals surface area contributed by atoms with Crippen LogP contribution >= 0.6 is 0 Å². The van der Waals surface area contributed by atoms with E-state index in [9.17, 15) is 5.11 Å². The summed E-state index contributed by atoms with van der Waals surface area (Å²) in [5.74, 6) is 0.578. The molecule has 0 atom stereocenters. The Bertz CT molecular complexity index is 134. The van der Waals surface area contributed by atoms with E-state index in [4.69, 9.17) is 0 Å². The van der Waals surface area contributed by atoms with Gasteiger partial charge in [0.1, 0.15) is 0 Å². The maximum Gasteiger partial charge on any atom is 0.0938 e. The second-order valence-corrected chi connectivity index (χ2v) is 3.37. The third kappa shape index (κ3) is 1.26. The highest BCUT2D eigenvalue weighted by Gasteiger charge is 2.24. The minimum absolute atomic E-state index is 0.0538. The Morgan fingerprint density at radius 1 is 1.56 bits per heavy atom. The highest BCUT2D eigenvalue weighted by Crippen LogP contribution is 2.34. The van der Waals surface area contributed by atoms with E-state index in [1.807, 2.05) is 6.08 Å². The van der Waals surface area contributed by atoms with E-state index in [0.29, 0.717) is 5.76 Å². The predicted octanol–water partition coefficient (Wildman–Crippen LogP) is 2.64. The average Bonchev–Trinajstić information content (AvgIpc) is 1.77. The first kappa shape index (κ1) is 6.66. The molecule has 0 heterocycles.